The van der Waals surface area contributed by atoms with Crippen molar-refractivity contribution in [1.82, 2.24) is 10.3 Å². The smallest absolute Gasteiger partial charge is 0.416 e. The summed E-state index contributed by atoms with van der Waals surface area (Å²) < 4.78 is 49.9. The molecule has 0 radical (unpaired) electrons. The van der Waals surface area contributed by atoms with E-state index in [1.807, 2.05) is 24.3 Å². The van der Waals surface area contributed by atoms with Gasteiger partial charge in [0.1, 0.15) is 18.2 Å². The Hall–Kier alpha value is -3.49. The number of aromatic nitrogens is 1. The summed E-state index contributed by atoms with van der Waals surface area (Å²) in [6.07, 6.45) is -3.77. The van der Waals surface area contributed by atoms with Gasteiger partial charge in [0.15, 0.2) is 0 Å². The molecule has 1 aromatic heterocycles. The van der Waals surface area contributed by atoms with Crippen molar-refractivity contribution >= 4 is 23.0 Å². The monoisotopic (exact) mass is 462 g/mol. The third kappa shape index (κ3) is 6.50. The number of carbonyl (C=O) groups is 2. The Kier molecular flexibility index (Phi) is 7.00. The van der Waals surface area contributed by atoms with Crippen LogP contribution in [0.3, 0.4) is 0 Å². The molecule has 0 saturated heterocycles. The zero-order valence-corrected chi connectivity index (χ0v) is 18.5. The second-order valence-corrected chi connectivity index (χ2v) is 8.53. The Labute approximate surface area is 189 Å². The molecule has 1 unspecified atom stereocenters. The molecule has 3 rings (SSSR count). The number of benzene rings is 2. The zero-order valence-electron chi connectivity index (χ0n) is 18.5. The van der Waals surface area contributed by atoms with Crippen LogP contribution >= 0.6 is 0 Å². The molecule has 0 aliphatic carbocycles. The van der Waals surface area contributed by atoms with E-state index in [9.17, 15) is 22.8 Å². The molecule has 0 spiro atoms. The highest BCUT2D eigenvalue weighted by Crippen LogP contribution is 2.32. The maximum absolute atomic E-state index is 13.2. The summed E-state index contributed by atoms with van der Waals surface area (Å²) in [6, 6.07) is 11.2. The van der Waals surface area contributed by atoms with E-state index in [-0.39, 0.29) is 12.0 Å². The van der Waals surface area contributed by atoms with Crippen molar-refractivity contribution in [3.8, 4) is 0 Å². The van der Waals surface area contributed by atoms with Gasteiger partial charge in [0.2, 0.25) is 0 Å². The van der Waals surface area contributed by atoms with Crippen molar-refractivity contribution < 1.29 is 32.2 Å². The minimum atomic E-state index is -4.58. The molecule has 9 heteroatoms. The van der Waals surface area contributed by atoms with Gasteiger partial charge in [-0.15, -0.1) is 0 Å². The number of hydrogen-bond donors (Lipinski definition) is 2. The summed E-state index contributed by atoms with van der Waals surface area (Å²) in [5, 5.41) is 3.32. The Morgan fingerprint density at radius 2 is 1.67 bits per heavy atom. The molecule has 0 aliphatic heterocycles. The molecule has 0 saturated carbocycles. The first kappa shape index (κ1) is 24.2. The van der Waals surface area contributed by atoms with Crippen LogP contribution < -0.4 is 5.32 Å². The van der Waals surface area contributed by atoms with Gasteiger partial charge >= 0.3 is 18.2 Å². The number of H-pyrrole nitrogens is 1. The van der Waals surface area contributed by atoms with Crippen molar-refractivity contribution in [1.29, 1.82) is 0 Å². The molecule has 1 amide bonds. The van der Waals surface area contributed by atoms with Crippen molar-refractivity contribution in [2.75, 3.05) is 0 Å². The molecule has 0 aliphatic rings. The molecule has 0 fully saturated rings. The third-order valence-corrected chi connectivity index (χ3v) is 4.76. The summed E-state index contributed by atoms with van der Waals surface area (Å²) in [7, 11) is 0. The summed E-state index contributed by atoms with van der Waals surface area (Å²) in [6.45, 7) is 4.48. The number of halogens is 3. The van der Waals surface area contributed by atoms with Gasteiger partial charge in [-0.1, -0.05) is 36.4 Å². The van der Waals surface area contributed by atoms with Gasteiger partial charge in [-0.3, -0.25) is 0 Å². The molecule has 2 aromatic carbocycles. The van der Waals surface area contributed by atoms with E-state index in [1.54, 1.807) is 27.0 Å². The molecule has 6 nitrogen and oxygen atoms in total. The predicted molar refractivity (Wildman–Crippen MR) is 116 cm³/mol. The fourth-order valence-corrected chi connectivity index (χ4v) is 3.34. The van der Waals surface area contributed by atoms with Crippen LogP contribution in [0, 0.1) is 0 Å². The number of nitrogens with one attached hydrogen (secondary N) is 2. The third-order valence-electron chi connectivity index (χ3n) is 4.76. The fraction of sp³-hybridized carbons (Fsp3) is 0.333. The van der Waals surface area contributed by atoms with Crippen molar-refractivity contribution in [2.24, 2.45) is 0 Å². The van der Waals surface area contributed by atoms with Crippen LogP contribution in [0.5, 0.6) is 0 Å². The number of fused-ring (bicyclic) bond motifs is 1. The minimum Gasteiger partial charge on any atom is -0.458 e. The lowest BCUT2D eigenvalue weighted by molar-refractivity contribution is -0.157. The highest BCUT2D eigenvalue weighted by Gasteiger charge is 2.33. The lowest BCUT2D eigenvalue weighted by Crippen LogP contribution is -2.45. The van der Waals surface area contributed by atoms with Crippen molar-refractivity contribution in [3.63, 3.8) is 0 Å². The predicted octanol–water partition coefficient (Wildman–Crippen LogP) is 5.37. The minimum absolute atomic E-state index is 0.104. The summed E-state index contributed by atoms with van der Waals surface area (Å²) in [5.41, 5.74) is -0.246. The lowest BCUT2D eigenvalue weighted by atomic mass is 10.0. The Balaban J connectivity index is 1.74. The van der Waals surface area contributed by atoms with Crippen LogP contribution in [0.15, 0.2) is 54.7 Å². The van der Waals surface area contributed by atoms with Gasteiger partial charge in [0.05, 0.1) is 5.56 Å². The lowest BCUT2D eigenvalue weighted by Gasteiger charge is -2.24. The fourth-order valence-electron chi connectivity index (χ4n) is 3.34. The van der Waals surface area contributed by atoms with Crippen molar-refractivity contribution in [2.45, 2.75) is 51.6 Å². The maximum Gasteiger partial charge on any atom is 0.416 e. The van der Waals surface area contributed by atoms with E-state index in [4.69, 9.17) is 9.47 Å². The molecular weight excluding hydrogens is 437 g/mol. The van der Waals surface area contributed by atoms with Crippen LogP contribution in [0.1, 0.15) is 37.5 Å². The van der Waals surface area contributed by atoms with E-state index in [0.29, 0.717) is 0 Å². The molecular formula is C24H25F3N2O4. The Bertz CT molecular complexity index is 1130. The number of amides is 1. The highest BCUT2D eigenvalue weighted by molar-refractivity contribution is 5.86. The number of alkyl carbamates (subject to hydrolysis) is 1. The van der Waals surface area contributed by atoms with Crippen LogP contribution in [-0.4, -0.2) is 28.7 Å². The van der Waals surface area contributed by atoms with Gasteiger partial charge in [0.25, 0.3) is 0 Å². The zero-order chi connectivity index (χ0) is 24.2. The van der Waals surface area contributed by atoms with E-state index in [1.165, 1.54) is 18.2 Å². The first-order chi connectivity index (χ1) is 15.4. The van der Waals surface area contributed by atoms with E-state index < -0.39 is 42.1 Å². The van der Waals surface area contributed by atoms with Crippen LogP contribution in [0.2, 0.25) is 0 Å². The molecule has 0 bridgehead atoms. The molecule has 1 atom stereocenters. The van der Waals surface area contributed by atoms with Gasteiger partial charge in [0, 0.05) is 29.1 Å². The Morgan fingerprint density at radius 1 is 1.00 bits per heavy atom. The first-order valence-corrected chi connectivity index (χ1v) is 10.3. The number of ether oxygens (including phenoxy) is 2. The number of para-hydroxylation sites is 1. The average Bonchev–Trinajstić information content (AvgIpc) is 3.13. The molecule has 33 heavy (non-hydrogen) atoms. The van der Waals surface area contributed by atoms with Crippen LogP contribution in [0.4, 0.5) is 18.0 Å². The van der Waals surface area contributed by atoms with E-state index in [0.717, 1.165) is 22.5 Å². The van der Waals surface area contributed by atoms with E-state index in [2.05, 4.69) is 10.3 Å². The quantitative estimate of drug-likeness (QED) is 0.483. The SMILES string of the molecule is CC(C)(C)OC(=O)C(Cc1c[nH]c2ccccc12)NC(=O)OCc1ccccc1C(F)(F)F. The largest absolute Gasteiger partial charge is 0.458 e. The number of rotatable bonds is 6. The van der Waals surface area contributed by atoms with E-state index >= 15 is 0 Å². The van der Waals surface area contributed by atoms with Gasteiger partial charge < -0.3 is 19.8 Å². The molecule has 1 heterocycles. The maximum atomic E-state index is 13.2. The van der Waals surface area contributed by atoms with Crippen molar-refractivity contribution in [3.05, 3.63) is 71.4 Å². The van der Waals surface area contributed by atoms with Crippen LogP contribution in [0.25, 0.3) is 10.9 Å². The summed E-state index contributed by atoms with van der Waals surface area (Å²) >= 11 is 0. The topological polar surface area (TPSA) is 80.4 Å². The van der Waals surface area contributed by atoms with Gasteiger partial charge in [-0.25, -0.2) is 9.59 Å². The molecule has 2 N–H and O–H groups in total. The van der Waals surface area contributed by atoms with Gasteiger partial charge in [-0.05, 0) is 38.5 Å². The number of hydrogen-bond acceptors (Lipinski definition) is 4. The Morgan fingerprint density at radius 3 is 2.36 bits per heavy atom. The normalized spacial score (nSPS) is 12.9. The first-order valence-electron chi connectivity index (χ1n) is 10.3. The standard InChI is InChI=1S/C24H25F3N2O4/c1-23(2,3)33-21(30)20(12-16-13-28-19-11-7-5-9-17(16)19)29-22(31)32-14-15-8-4-6-10-18(15)24(25,26)27/h4-11,13,20,28H,12,14H2,1-3H3,(H,29,31). The second kappa shape index (κ2) is 9.56. The highest BCUT2D eigenvalue weighted by atomic mass is 19.4. The summed E-state index contributed by atoms with van der Waals surface area (Å²) in [5.74, 6) is -0.680. The molecule has 3 aromatic rings. The summed E-state index contributed by atoms with van der Waals surface area (Å²) in [4.78, 5) is 28.3. The average molecular weight is 462 g/mol. The number of carbonyl (C=O) groups excluding carboxylic acids is 2. The number of esters is 1. The van der Waals surface area contributed by atoms with Gasteiger partial charge in [-0.2, -0.15) is 13.2 Å². The number of alkyl halides is 3. The number of aromatic amines is 1. The molecule has 176 valence electrons. The second-order valence-electron chi connectivity index (χ2n) is 8.53. The van der Waals surface area contributed by atoms with Crippen LogP contribution in [-0.2, 0) is 33.5 Å².